The maximum atomic E-state index is 14.4. The summed E-state index contributed by atoms with van der Waals surface area (Å²) in [7, 11) is -0.239. The Bertz CT molecular complexity index is 1080. The van der Waals surface area contributed by atoms with Crippen LogP contribution in [-0.2, 0) is 10.0 Å². The molecule has 2 aromatic carbocycles. The van der Waals surface area contributed by atoms with Gasteiger partial charge in [-0.2, -0.15) is 4.31 Å². The molecule has 1 N–H and O–H groups in total. The zero-order chi connectivity index (χ0) is 23.5. The monoisotopic (exact) mass is 462 g/mol. The summed E-state index contributed by atoms with van der Waals surface area (Å²) < 4.78 is 41.8. The van der Waals surface area contributed by atoms with Gasteiger partial charge in [0.05, 0.1) is 22.0 Å². The van der Waals surface area contributed by atoms with Crippen molar-refractivity contribution >= 4 is 33.0 Å². The fourth-order valence-corrected chi connectivity index (χ4v) is 5.41. The minimum atomic E-state index is -3.69. The van der Waals surface area contributed by atoms with Crippen LogP contribution in [0, 0.1) is 5.82 Å². The van der Waals surface area contributed by atoms with E-state index in [4.69, 9.17) is 0 Å². The van der Waals surface area contributed by atoms with Crippen LogP contribution in [0.5, 0.6) is 0 Å². The largest absolute Gasteiger partial charge is 0.375 e. The average molecular weight is 463 g/mol. The van der Waals surface area contributed by atoms with E-state index in [1.165, 1.54) is 16.4 Å². The Morgan fingerprint density at radius 1 is 1.06 bits per heavy atom. The molecule has 0 unspecified atom stereocenters. The van der Waals surface area contributed by atoms with Crippen LogP contribution in [0.15, 0.2) is 41.3 Å². The van der Waals surface area contributed by atoms with Crippen molar-refractivity contribution in [2.45, 2.75) is 31.6 Å². The van der Waals surface area contributed by atoms with Crippen LogP contribution in [0.3, 0.4) is 0 Å². The summed E-state index contributed by atoms with van der Waals surface area (Å²) >= 11 is 0. The van der Waals surface area contributed by atoms with Gasteiger partial charge in [0, 0.05) is 45.8 Å². The van der Waals surface area contributed by atoms with Crippen LogP contribution >= 0.6 is 0 Å². The van der Waals surface area contributed by atoms with Gasteiger partial charge in [-0.1, -0.05) is 13.8 Å². The van der Waals surface area contributed by atoms with Crippen LogP contribution in [-0.4, -0.2) is 58.9 Å². The first-order valence-electron chi connectivity index (χ1n) is 10.9. The molecular weight excluding hydrogens is 431 g/mol. The summed E-state index contributed by atoms with van der Waals surface area (Å²) in [5.74, 6) is -0.993. The van der Waals surface area contributed by atoms with E-state index >= 15 is 0 Å². The van der Waals surface area contributed by atoms with Crippen LogP contribution < -0.4 is 15.1 Å². The van der Waals surface area contributed by atoms with Crippen molar-refractivity contribution < 1.29 is 17.6 Å². The highest BCUT2D eigenvalue weighted by atomic mass is 32.2. The van der Waals surface area contributed by atoms with E-state index in [-0.39, 0.29) is 10.5 Å². The van der Waals surface area contributed by atoms with Gasteiger partial charge in [-0.05, 0) is 49.2 Å². The molecule has 32 heavy (non-hydrogen) atoms. The molecule has 7 nitrogen and oxygen atoms in total. The molecule has 1 amide bonds. The Labute approximate surface area is 189 Å². The molecule has 1 saturated heterocycles. The number of hydrogen-bond donors (Lipinski definition) is 1. The molecule has 0 spiro atoms. The Kier molecular flexibility index (Phi) is 7.40. The highest BCUT2D eigenvalue weighted by molar-refractivity contribution is 7.89. The van der Waals surface area contributed by atoms with Crippen molar-refractivity contribution in [1.29, 1.82) is 0 Å². The number of nitrogens with zero attached hydrogens (tertiary/aromatic N) is 3. The predicted molar refractivity (Wildman–Crippen MR) is 127 cm³/mol. The minimum Gasteiger partial charge on any atom is -0.375 e. The summed E-state index contributed by atoms with van der Waals surface area (Å²) in [4.78, 5) is 16.8. The van der Waals surface area contributed by atoms with Gasteiger partial charge in [0.2, 0.25) is 10.0 Å². The maximum absolute atomic E-state index is 14.4. The first-order chi connectivity index (χ1) is 15.2. The van der Waals surface area contributed by atoms with E-state index in [0.29, 0.717) is 24.5 Å². The lowest BCUT2D eigenvalue weighted by atomic mass is 10.1. The Morgan fingerprint density at radius 3 is 2.28 bits per heavy atom. The predicted octanol–water partition coefficient (Wildman–Crippen LogP) is 3.77. The van der Waals surface area contributed by atoms with Gasteiger partial charge in [-0.25, -0.2) is 12.8 Å². The lowest BCUT2D eigenvalue weighted by Gasteiger charge is -2.24. The lowest BCUT2D eigenvalue weighted by Crippen LogP contribution is -2.31. The highest BCUT2D eigenvalue weighted by Gasteiger charge is 2.25. The molecule has 0 atom stereocenters. The Morgan fingerprint density at radius 2 is 1.72 bits per heavy atom. The highest BCUT2D eigenvalue weighted by Crippen LogP contribution is 2.33. The molecule has 1 aliphatic rings. The SMILES string of the molecule is CCN(CC)S(=O)(=O)c1ccc(N2CCCC2)c(NC(=O)c2ccc(N(C)C)c(F)c2)c1. The number of nitrogens with one attached hydrogen (secondary N) is 1. The number of amides is 1. The Balaban J connectivity index is 1.99. The van der Waals surface area contributed by atoms with Gasteiger partial charge in [0.15, 0.2) is 0 Å². The molecule has 0 aromatic heterocycles. The molecular formula is C23H31FN4O3S. The number of hydrogen-bond acceptors (Lipinski definition) is 5. The first kappa shape index (κ1) is 24.0. The summed E-state index contributed by atoms with van der Waals surface area (Å²) in [6, 6.07) is 9.13. The molecule has 1 aliphatic heterocycles. The van der Waals surface area contributed by atoms with E-state index in [2.05, 4.69) is 10.2 Å². The Hall–Kier alpha value is -2.65. The summed E-state index contributed by atoms with van der Waals surface area (Å²) in [5.41, 5.74) is 1.71. The molecule has 3 rings (SSSR count). The molecule has 9 heteroatoms. The van der Waals surface area contributed by atoms with Gasteiger partial charge >= 0.3 is 0 Å². The van der Waals surface area contributed by atoms with Crippen LogP contribution in [0.1, 0.15) is 37.0 Å². The van der Waals surface area contributed by atoms with Gasteiger partial charge in [0.25, 0.3) is 5.91 Å². The number of anilines is 3. The summed E-state index contributed by atoms with van der Waals surface area (Å²) in [6.07, 6.45) is 2.06. The molecule has 0 bridgehead atoms. The zero-order valence-corrected chi connectivity index (χ0v) is 19.9. The van der Waals surface area contributed by atoms with Crippen LogP contribution in [0.4, 0.5) is 21.5 Å². The van der Waals surface area contributed by atoms with Crippen LogP contribution in [0.25, 0.3) is 0 Å². The summed E-state index contributed by atoms with van der Waals surface area (Å²) in [6.45, 7) is 5.94. The van der Waals surface area contributed by atoms with Gasteiger partial charge < -0.3 is 15.1 Å². The number of benzene rings is 2. The topological polar surface area (TPSA) is 73.0 Å². The van der Waals surface area contributed by atoms with E-state index in [1.54, 1.807) is 57.1 Å². The molecule has 1 fully saturated rings. The molecule has 0 radical (unpaired) electrons. The van der Waals surface area contributed by atoms with Gasteiger partial charge in [-0.15, -0.1) is 0 Å². The number of rotatable bonds is 8. The van der Waals surface area contributed by atoms with E-state index in [9.17, 15) is 17.6 Å². The lowest BCUT2D eigenvalue weighted by molar-refractivity contribution is 0.102. The second-order valence-corrected chi connectivity index (χ2v) is 9.92. The van der Waals surface area contributed by atoms with Gasteiger partial charge in [0.1, 0.15) is 5.82 Å². The van der Waals surface area contributed by atoms with Crippen molar-refractivity contribution in [2.75, 3.05) is 55.4 Å². The molecule has 2 aromatic rings. The summed E-state index contributed by atoms with van der Waals surface area (Å²) in [5, 5.41) is 2.82. The van der Waals surface area contributed by atoms with E-state index in [0.717, 1.165) is 31.6 Å². The maximum Gasteiger partial charge on any atom is 0.255 e. The normalized spacial score (nSPS) is 14.1. The number of carbonyl (C=O) groups excluding carboxylic acids is 1. The van der Waals surface area contributed by atoms with Crippen molar-refractivity contribution in [3.05, 3.63) is 47.8 Å². The third-order valence-corrected chi connectivity index (χ3v) is 7.74. The number of carbonyl (C=O) groups is 1. The third-order valence-electron chi connectivity index (χ3n) is 5.70. The fourth-order valence-electron chi connectivity index (χ4n) is 3.93. The van der Waals surface area contributed by atoms with Crippen LogP contribution in [0.2, 0.25) is 0 Å². The fraction of sp³-hybridized carbons (Fsp3) is 0.435. The first-order valence-corrected chi connectivity index (χ1v) is 12.3. The molecule has 0 aliphatic carbocycles. The van der Waals surface area contributed by atoms with Crippen molar-refractivity contribution in [3.63, 3.8) is 0 Å². The molecule has 174 valence electrons. The van der Waals surface area contributed by atoms with Crippen molar-refractivity contribution in [2.24, 2.45) is 0 Å². The molecule has 0 saturated carbocycles. The minimum absolute atomic E-state index is 0.119. The standard InChI is InChI=1S/C23H31FN4O3S/c1-5-28(6-2)32(30,31)18-10-12-22(27-13-7-8-14-27)20(16-18)25-23(29)17-9-11-21(26(3)4)19(24)15-17/h9-12,15-16H,5-8,13-14H2,1-4H3,(H,25,29). The molecule has 1 heterocycles. The third kappa shape index (κ3) is 4.88. The zero-order valence-electron chi connectivity index (χ0n) is 19.1. The average Bonchev–Trinajstić information content (AvgIpc) is 3.28. The van der Waals surface area contributed by atoms with Crippen molar-refractivity contribution in [3.8, 4) is 0 Å². The quantitative estimate of drug-likeness (QED) is 0.647. The smallest absolute Gasteiger partial charge is 0.255 e. The van der Waals surface area contributed by atoms with Crippen molar-refractivity contribution in [1.82, 2.24) is 4.31 Å². The van der Waals surface area contributed by atoms with E-state index in [1.807, 2.05) is 0 Å². The number of halogens is 1. The van der Waals surface area contributed by atoms with Gasteiger partial charge in [-0.3, -0.25) is 4.79 Å². The number of sulfonamides is 1. The second-order valence-electron chi connectivity index (χ2n) is 7.98. The second kappa shape index (κ2) is 9.87. The van der Waals surface area contributed by atoms with E-state index < -0.39 is 21.7 Å².